The summed E-state index contributed by atoms with van der Waals surface area (Å²) in [4.78, 5) is 6.42. The molecular formula is C21H29ClN6O. The van der Waals surface area contributed by atoms with E-state index in [0.29, 0.717) is 11.7 Å². The predicted octanol–water partition coefficient (Wildman–Crippen LogP) is 4.72. The SMILES string of the molecule is CCCCCCn1ccc2cc(-c3noc([C@@H]4CCCN4C(=N)N)n3)ccc21.Cl. The number of hydrogen-bond acceptors (Lipinski definition) is 4. The van der Waals surface area contributed by atoms with Gasteiger partial charge in [-0.15, -0.1) is 12.4 Å². The Bertz CT molecular complexity index is 965. The number of aryl methyl sites for hydroxylation is 1. The normalized spacial score (nSPS) is 16.3. The smallest absolute Gasteiger partial charge is 0.249 e. The van der Waals surface area contributed by atoms with Crippen LogP contribution in [0.4, 0.5) is 0 Å². The Morgan fingerprint density at radius 3 is 2.93 bits per heavy atom. The molecule has 7 nitrogen and oxygen atoms in total. The first-order valence-corrected chi connectivity index (χ1v) is 10.2. The molecule has 1 aliphatic rings. The Hall–Kier alpha value is -2.54. The van der Waals surface area contributed by atoms with E-state index < -0.39 is 0 Å². The lowest BCUT2D eigenvalue weighted by Crippen LogP contribution is -2.35. The van der Waals surface area contributed by atoms with Crippen molar-refractivity contribution in [2.45, 2.75) is 58.0 Å². The van der Waals surface area contributed by atoms with Crippen LogP contribution < -0.4 is 5.73 Å². The first-order valence-electron chi connectivity index (χ1n) is 10.2. The van der Waals surface area contributed by atoms with Crippen LogP contribution in [-0.4, -0.2) is 32.1 Å². The fourth-order valence-electron chi connectivity index (χ4n) is 4.04. The number of fused-ring (bicyclic) bond motifs is 1. The molecule has 8 heteroatoms. The van der Waals surface area contributed by atoms with Crippen LogP contribution in [0.25, 0.3) is 22.3 Å². The quantitative estimate of drug-likeness (QED) is 0.330. The zero-order valence-corrected chi connectivity index (χ0v) is 17.6. The molecule has 1 fully saturated rings. The van der Waals surface area contributed by atoms with Crippen LogP contribution in [0.1, 0.15) is 57.4 Å². The van der Waals surface area contributed by atoms with E-state index in [0.717, 1.165) is 31.5 Å². The van der Waals surface area contributed by atoms with Crippen molar-refractivity contribution in [3.8, 4) is 11.4 Å². The van der Waals surface area contributed by atoms with Gasteiger partial charge in [-0.05, 0) is 43.5 Å². The maximum Gasteiger partial charge on any atom is 0.249 e. The minimum absolute atomic E-state index is 0. The van der Waals surface area contributed by atoms with E-state index >= 15 is 0 Å². The largest absolute Gasteiger partial charge is 0.370 e. The highest BCUT2D eigenvalue weighted by molar-refractivity contribution is 5.85. The van der Waals surface area contributed by atoms with Crippen LogP contribution >= 0.6 is 12.4 Å². The molecule has 0 unspecified atom stereocenters. The highest BCUT2D eigenvalue weighted by Crippen LogP contribution is 2.32. The number of hydrogen-bond donors (Lipinski definition) is 2. The molecule has 2 aromatic heterocycles. The molecule has 0 aliphatic carbocycles. The van der Waals surface area contributed by atoms with Crippen molar-refractivity contribution in [2.75, 3.05) is 6.54 Å². The molecule has 0 spiro atoms. The van der Waals surface area contributed by atoms with Gasteiger partial charge in [0.1, 0.15) is 6.04 Å². The van der Waals surface area contributed by atoms with E-state index in [4.69, 9.17) is 15.7 Å². The molecule has 3 aromatic rings. The number of nitrogens with two attached hydrogens (primary N) is 1. The van der Waals surface area contributed by atoms with Crippen LogP contribution in [0.2, 0.25) is 0 Å². The number of aromatic nitrogens is 3. The average Bonchev–Trinajstić information content (AvgIpc) is 3.43. The average molecular weight is 417 g/mol. The van der Waals surface area contributed by atoms with Gasteiger partial charge < -0.3 is 19.7 Å². The van der Waals surface area contributed by atoms with Crippen molar-refractivity contribution in [1.82, 2.24) is 19.6 Å². The minimum atomic E-state index is -0.0910. The van der Waals surface area contributed by atoms with Gasteiger partial charge in [0, 0.05) is 35.8 Å². The highest BCUT2D eigenvalue weighted by atomic mass is 35.5. The Kier molecular flexibility index (Phi) is 6.79. The number of unbranched alkanes of at least 4 members (excludes halogenated alkanes) is 3. The molecule has 1 saturated heterocycles. The Balaban J connectivity index is 0.00000240. The zero-order chi connectivity index (χ0) is 19.5. The molecular weight excluding hydrogens is 388 g/mol. The van der Waals surface area contributed by atoms with E-state index in [2.05, 4.69) is 52.1 Å². The summed E-state index contributed by atoms with van der Waals surface area (Å²) in [6, 6.07) is 8.36. The van der Waals surface area contributed by atoms with Gasteiger partial charge in [-0.2, -0.15) is 4.98 Å². The van der Waals surface area contributed by atoms with Gasteiger partial charge in [-0.1, -0.05) is 31.3 Å². The molecule has 1 atom stereocenters. The van der Waals surface area contributed by atoms with Crippen LogP contribution in [0.15, 0.2) is 35.0 Å². The summed E-state index contributed by atoms with van der Waals surface area (Å²) in [7, 11) is 0. The molecule has 29 heavy (non-hydrogen) atoms. The van der Waals surface area contributed by atoms with Crippen molar-refractivity contribution < 1.29 is 4.52 Å². The Morgan fingerprint density at radius 1 is 1.28 bits per heavy atom. The molecule has 3 N–H and O–H groups in total. The lowest BCUT2D eigenvalue weighted by atomic mass is 10.1. The van der Waals surface area contributed by atoms with Crippen LogP contribution in [0.3, 0.4) is 0 Å². The maximum absolute atomic E-state index is 7.72. The standard InChI is InChI=1S/C21H28N6O.ClH/c1-2-3-4-5-11-26-13-10-15-14-16(8-9-17(15)26)19-24-20(28-25-19)18-7-6-12-27(18)21(22)23;/h8-10,13-14,18H,2-7,11-12H2,1H3,(H3,22,23);1H/t18-;/m0./s1. The van der Waals surface area contributed by atoms with Crippen LogP contribution in [0.5, 0.6) is 0 Å². The third kappa shape index (κ3) is 4.40. The number of nitrogens with zero attached hydrogens (tertiary/aromatic N) is 4. The molecule has 0 bridgehead atoms. The molecule has 1 aliphatic heterocycles. The monoisotopic (exact) mass is 416 g/mol. The van der Waals surface area contributed by atoms with E-state index in [-0.39, 0.29) is 24.4 Å². The second-order valence-corrected chi connectivity index (χ2v) is 7.54. The van der Waals surface area contributed by atoms with E-state index in [1.165, 1.54) is 36.6 Å². The summed E-state index contributed by atoms with van der Waals surface area (Å²) in [5.74, 6) is 1.18. The van der Waals surface area contributed by atoms with E-state index in [1.807, 2.05) is 4.90 Å². The number of halogens is 1. The summed E-state index contributed by atoms with van der Waals surface area (Å²) in [5, 5.41) is 13.1. The first kappa shape index (κ1) is 21.2. The molecule has 0 saturated carbocycles. The third-order valence-electron chi connectivity index (χ3n) is 5.57. The van der Waals surface area contributed by atoms with Gasteiger partial charge >= 0.3 is 0 Å². The fourth-order valence-corrected chi connectivity index (χ4v) is 4.04. The highest BCUT2D eigenvalue weighted by Gasteiger charge is 2.31. The van der Waals surface area contributed by atoms with Gasteiger partial charge in [0.15, 0.2) is 5.96 Å². The molecule has 0 amide bonds. The molecule has 0 radical (unpaired) electrons. The summed E-state index contributed by atoms with van der Waals surface area (Å²) in [6.07, 6.45) is 9.05. The van der Waals surface area contributed by atoms with Crippen molar-refractivity contribution in [3.05, 3.63) is 36.4 Å². The van der Waals surface area contributed by atoms with Crippen molar-refractivity contribution in [1.29, 1.82) is 5.41 Å². The molecule has 4 rings (SSSR count). The van der Waals surface area contributed by atoms with Crippen molar-refractivity contribution in [2.24, 2.45) is 5.73 Å². The van der Waals surface area contributed by atoms with Crippen LogP contribution in [-0.2, 0) is 6.54 Å². The van der Waals surface area contributed by atoms with Crippen molar-refractivity contribution >= 4 is 29.3 Å². The second kappa shape index (κ2) is 9.31. The number of rotatable bonds is 7. The van der Waals surface area contributed by atoms with E-state index in [1.54, 1.807) is 0 Å². The number of benzene rings is 1. The van der Waals surface area contributed by atoms with E-state index in [9.17, 15) is 0 Å². The maximum atomic E-state index is 7.72. The third-order valence-corrected chi connectivity index (χ3v) is 5.57. The Labute approximate surface area is 177 Å². The molecule has 156 valence electrons. The fraction of sp³-hybridized carbons (Fsp3) is 0.476. The summed E-state index contributed by atoms with van der Waals surface area (Å²) in [6.45, 7) is 4.05. The lowest BCUT2D eigenvalue weighted by molar-refractivity contribution is 0.283. The number of likely N-dealkylation sites (tertiary alicyclic amines) is 1. The summed E-state index contributed by atoms with van der Waals surface area (Å²) in [5.41, 5.74) is 7.86. The molecule has 3 heterocycles. The predicted molar refractivity (Wildman–Crippen MR) is 117 cm³/mol. The van der Waals surface area contributed by atoms with Gasteiger partial charge in [0.25, 0.3) is 0 Å². The van der Waals surface area contributed by atoms with Crippen molar-refractivity contribution in [3.63, 3.8) is 0 Å². The van der Waals surface area contributed by atoms with Gasteiger partial charge in [-0.3, -0.25) is 5.41 Å². The summed E-state index contributed by atoms with van der Waals surface area (Å²) < 4.78 is 7.84. The Morgan fingerprint density at radius 2 is 2.14 bits per heavy atom. The zero-order valence-electron chi connectivity index (χ0n) is 16.8. The van der Waals surface area contributed by atoms with Gasteiger partial charge in [-0.25, -0.2) is 0 Å². The van der Waals surface area contributed by atoms with Crippen LogP contribution in [0, 0.1) is 5.41 Å². The first-order chi connectivity index (χ1) is 13.7. The number of nitrogens with one attached hydrogen (secondary N) is 1. The van der Waals surface area contributed by atoms with Gasteiger partial charge in [0.2, 0.25) is 11.7 Å². The second-order valence-electron chi connectivity index (χ2n) is 7.54. The lowest BCUT2D eigenvalue weighted by Gasteiger charge is -2.21. The summed E-state index contributed by atoms with van der Waals surface area (Å²) >= 11 is 0. The molecule has 1 aromatic carbocycles. The van der Waals surface area contributed by atoms with Gasteiger partial charge in [0.05, 0.1) is 0 Å². The topological polar surface area (TPSA) is 97.0 Å². The minimum Gasteiger partial charge on any atom is -0.370 e. The number of guanidine groups is 1.